The predicted octanol–water partition coefficient (Wildman–Crippen LogP) is 0.597. The highest BCUT2D eigenvalue weighted by atomic mass is 35.5. The maximum Gasteiger partial charge on any atom is 0.237 e. The third-order valence-electron chi connectivity index (χ3n) is 2.62. The number of nitrogens with two attached hydrogens (primary N) is 1. The molecule has 1 aromatic rings. The minimum absolute atomic E-state index is 0.0999. The first kappa shape index (κ1) is 17.7. The lowest BCUT2D eigenvalue weighted by Crippen LogP contribution is -2.42. The third-order valence-corrected chi connectivity index (χ3v) is 3.85. The Morgan fingerprint density at radius 3 is 2.57 bits per heavy atom. The average molecular weight is 335 g/mol. The Morgan fingerprint density at radius 2 is 2.00 bits per heavy atom. The third kappa shape index (κ3) is 7.89. The molecular formula is C13H19ClN2O4S. The highest BCUT2D eigenvalue weighted by Crippen LogP contribution is 2.15. The highest BCUT2D eigenvalue weighted by molar-refractivity contribution is 7.90. The molecule has 0 aromatic heterocycles. The number of ether oxygens (including phenoxy) is 1. The molecule has 0 heterocycles. The number of rotatable bonds is 8. The SMILES string of the molecule is CS(=O)(=O)CCC(N)C(=O)NCCOc1ccc(Cl)cc1. The molecule has 21 heavy (non-hydrogen) atoms. The van der Waals surface area contributed by atoms with E-state index in [1.165, 1.54) is 0 Å². The van der Waals surface area contributed by atoms with Crippen LogP contribution in [0.1, 0.15) is 6.42 Å². The Labute approximate surface area is 129 Å². The molecule has 8 heteroatoms. The summed E-state index contributed by atoms with van der Waals surface area (Å²) in [5.74, 6) is 0.149. The highest BCUT2D eigenvalue weighted by Gasteiger charge is 2.15. The van der Waals surface area contributed by atoms with Crippen LogP contribution in [0.3, 0.4) is 0 Å². The van der Waals surface area contributed by atoms with Gasteiger partial charge in [0.15, 0.2) is 0 Å². The van der Waals surface area contributed by atoms with Gasteiger partial charge in [-0.25, -0.2) is 8.42 Å². The molecule has 0 aliphatic rings. The number of hydrogen-bond acceptors (Lipinski definition) is 5. The smallest absolute Gasteiger partial charge is 0.237 e. The van der Waals surface area contributed by atoms with E-state index >= 15 is 0 Å². The van der Waals surface area contributed by atoms with Gasteiger partial charge in [-0.15, -0.1) is 0 Å². The van der Waals surface area contributed by atoms with Gasteiger partial charge in [-0.2, -0.15) is 0 Å². The Morgan fingerprint density at radius 1 is 1.38 bits per heavy atom. The number of sulfone groups is 1. The Balaban J connectivity index is 2.22. The normalized spacial score (nSPS) is 12.7. The van der Waals surface area contributed by atoms with Crippen molar-refractivity contribution in [1.29, 1.82) is 0 Å². The van der Waals surface area contributed by atoms with E-state index in [2.05, 4.69) is 5.32 Å². The molecule has 0 saturated carbocycles. The van der Waals surface area contributed by atoms with Gasteiger partial charge in [-0.3, -0.25) is 4.79 Å². The van der Waals surface area contributed by atoms with E-state index in [9.17, 15) is 13.2 Å². The number of nitrogens with one attached hydrogen (secondary N) is 1. The molecule has 0 spiro atoms. The number of benzene rings is 1. The van der Waals surface area contributed by atoms with Crippen LogP contribution in [0.25, 0.3) is 0 Å². The summed E-state index contributed by atoms with van der Waals surface area (Å²) in [4.78, 5) is 11.6. The van der Waals surface area contributed by atoms with E-state index in [4.69, 9.17) is 22.1 Å². The molecule has 1 rings (SSSR count). The molecule has 0 saturated heterocycles. The fraction of sp³-hybridized carbons (Fsp3) is 0.462. The molecular weight excluding hydrogens is 316 g/mol. The van der Waals surface area contributed by atoms with Crippen LogP contribution in [-0.4, -0.2) is 45.5 Å². The summed E-state index contributed by atoms with van der Waals surface area (Å²) in [6.07, 6.45) is 1.21. The monoisotopic (exact) mass is 334 g/mol. The zero-order valence-corrected chi connectivity index (χ0v) is 13.3. The van der Waals surface area contributed by atoms with Gasteiger partial charge in [-0.05, 0) is 30.7 Å². The van der Waals surface area contributed by atoms with E-state index in [1.54, 1.807) is 24.3 Å². The number of halogens is 1. The van der Waals surface area contributed by atoms with E-state index < -0.39 is 21.8 Å². The maximum absolute atomic E-state index is 11.6. The summed E-state index contributed by atoms with van der Waals surface area (Å²) >= 11 is 5.74. The molecule has 0 radical (unpaired) electrons. The summed E-state index contributed by atoms with van der Waals surface area (Å²) in [5, 5.41) is 3.21. The van der Waals surface area contributed by atoms with Gasteiger partial charge >= 0.3 is 0 Å². The van der Waals surface area contributed by atoms with Crippen LogP contribution in [0.15, 0.2) is 24.3 Å². The summed E-state index contributed by atoms with van der Waals surface area (Å²) in [7, 11) is -3.11. The lowest BCUT2D eigenvalue weighted by Gasteiger charge is -2.12. The van der Waals surface area contributed by atoms with E-state index in [1.807, 2.05) is 0 Å². The van der Waals surface area contributed by atoms with Gasteiger partial charge in [0.05, 0.1) is 18.3 Å². The minimum Gasteiger partial charge on any atom is -0.492 e. The number of carbonyl (C=O) groups is 1. The molecule has 6 nitrogen and oxygen atoms in total. The van der Waals surface area contributed by atoms with Gasteiger partial charge < -0.3 is 15.8 Å². The zero-order valence-electron chi connectivity index (χ0n) is 11.7. The molecule has 3 N–H and O–H groups in total. The van der Waals surface area contributed by atoms with Crippen molar-refractivity contribution in [3.05, 3.63) is 29.3 Å². The fourth-order valence-corrected chi connectivity index (χ4v) is 2.29. The largest absolute Gasteiger partial charge is 0.492 e. The van der Waals surface area contributed by atoms with Crippen LogP contribution in [-0.2, 0) is 14.6 Å². The molecule has 1 aromatic carbocycles. The standard InChI is InChI=1S/C13H19ClN2O4S/c1-21(18,19)9-6-12(15)13(17)16-7-8-20-11-4-2-10(14)3-5-11/h2-5,12H,6-9,15H2,1H3,(H,16,17). The van der Waals surface area contributed by atoms with Crippen LogP contribution >= 0.6 is 11.6 Å². The molecule has 1 amide bonds. The van der Waals surface area contributed by atoms with Gasteiger partial charge in [0.1, 0.15) is 22.2 Å². The van der Waals surface area contributed by atoms with Gasteiger partial charge in [0.25, 0.3) is 0 Å². The first-order valence-electron chi connectivity index (χ1n) is 6.37. The van der Waals surface area contributed by atoms with Crippen molar-refractivity contribution in [3.63, 3.8) is 0 Å². The molecule has 1 atom stereocenters. The van der Waals surface area contributed by atoms with Gasteiger partial charge in [0.2, 0.25) is 5.91 Å². The van der Waals surface area contributed by atoms with Crippen molar-refractivity contribution < 1.29 is 17.9 Å². The second kappa shape index (κ2) is 8.21. The molecule has 0 aliphatic heterocycles. The summed E-state index contributed by atoms with van der Waals surface area (Å²) < 4.78 is 27.4. The van der Waals surface area contributed by atoms with Crippen LogP contribution in [0.5, 0.6) is 5.75 Å². The molecule has 0 bridgehead atoms. The van der Waals surface area contributed by atoms with Crippen LogP contribution in [0.2, 0.25) is 5.02 Å². The molecule has 0 fully saturated rings. The lowest BCUT2D eigenvalue weighted by molar-refractivity contribution is -0.122. The van der Waals surface area contributed by atoms with Crippen molar-refractivity contribution in [3.8, 4) is 5.75 Å². The Hall–Kier alpha value is -1.31. The van der Waals surface area contributed by atoms with Crippen LogP contribution in [0.4, 0.5) is 0 Å². The fourth-order valence-electron chi connectivity index (χ4n) is 1.48. The quantitative estimate of drug-likeness (QED) is 0.678. The van der Waals surface area contributed by atoms with Crippen molar-refractivity contribution in [1.82, 2.24) is 5.32 Å². The lowest BCUT2D eigenvalue weighted by atomic mass is 10.2. The van der Waals surface area contributed by atoms with Crippen LogP contribution < -0.4 is 15.8 Å². The van der Waals surface area contributed by atoms with Gasteiger partial charge in [-0.1, -0.05) is 11.6 Å². The second-order valence-electron chi connectivity index (χ2n) is 4.62. The minimum atomic E-state index is -3.11. The zero-order chi connectivity index (χ0) is 15.9. The number of hydrogen-bond donors (Lipinski definition) is 2. The van der Waals surface area contributed by atoms with Crippen molar-refractivity contribution >= 4 is 27.3 Å². The molecule has 0 aliphatic carbocycles. The van der Waals surface area contributed by atoms with Crippen molar-refractivity contribution in [2.45, 2.75) is 12.5 Å². The average Bonchev–Trinajstić information content (AvgIpc) is 2.41. The maximum atomic E-state index is 11.6. The second-order valence-corrected chi connectivity index (χ2v) is 7.31. The van der Waals surface area contributed by atoms with Crippen molar-refractivity contribution in [2.75, 3.05) is 25.2 Å². The van der Waals surface area contributed by atoms with E-state index in [0.29, 0.717) is 10.8 Å². The Bertz CT molecular complexity index is 560. The summed E-state index contributed by atoms with van der Waals surface area (Å²) in [5.41, 5.74) is 5.60. The van der Waals surface area contributed by atoms with Crippen LogP contribution in [0, 0.1) is 0 Å². The predicted molar refractivity (Wildman–Crippen MR) is 82.3 cm³/mol. The summed E-state index contributed by atoms with van der Waals surface area (Å²) in [6.45, 7) is 0.570. The number of carbonyl (C=O) groups excluding carboxylic acids is 1. The van der Waals surface area contributed by atoms with Gasteiger partial charge in [0, 0.05) is 11.3 Å². The first-order valence-corrected chi connectivity index (χ1v) is 8.81. The van der Waals surface area contributed by atoms with E-state index in [-0.39, 0.29) is 25.3 Å². The molecule has 1 unspecified atom stereocenters. The Kier molecular flexibility index (Phi) is 6.94. The molecule has 118 valence electrons. The summed E-state index contributed by atoms with van der Waals surface area (Å²) in [6, 6.07) is 6.02. The first-order chi connectivity index (χ1) is 9.78. The van der Waals surface area contributed by atoms with E-state index in [0.717, 1.165) is 6.26 Å². The number of amides is 1. The topological polar surface area (TPSA) is 98.5 Å². The van der Waals surface area contributed by atoms with Crippen molar-refractivity contribution in [2.24, 2.45) is 5.73 Å².